The number of halogens is 1. The zero-order valence-corrected chi connectivity index (χ0v) is 12.2. The highest BCUT2D eigenvalue weighted by Gasteiger charge is 2.10. The van der Waals surface area contributed by atoms with E-state index in [9.17, 15) is 5.11 Å². The van der Waals surface area contributed by atoms with Crippen LogP contribution in [0.25, 0.3) is 0 Å². The second kappa shape index (κ2) is 6.64. The van der Waals surface area contributed by atoms with Crippen LogP contribution in [0.2, 0.25) is 5.02 Å². The molecule has 2 aromatic carbocycles. The van der Waals surface area contributed by atoms with Crippen LogP contribution in [0.4, 0.5) is 0 Å². The van der Waals surface area contributed by atoms with Gasteiger partial charge in [0.2, 0.25) is 0 Å². The van der Waals surface area contributed by atoms with Crippen LogP contribution in [0.15, 0.2) is 42.5 Å². The van der Waals surface area contributed by atoms with E-state index < -0.39 is 6.10 Å². The van der Waals surface area contributed by atoms with Crippen LogP contribution in [0.3, 0.4) is 0 Å². The number of para-hydroxylation sites is 1. The first-order valence-corrected chi connectivity index (χ1v) is 6.72. The van der Waals surface area contributed by atoms with E-state index >= 15 is 0 Å². The summed E-state index contributed by atoms with van der Waals surface area (Å²) in [5, 5.41) is 10.4. The van der Waals surface area contributed by atoms with E-state index in [2.05, 4.69) is 0 Å². The molecule has 106 valence electrons. The van der Waals surface area contributed by atoms with Crippen LogP contribution in [0, 0.1) is 0 Å². The number of rotatable bonds is 5. The SMILES string of the molecule is COc1ccc(Cl)cc1COc1ccccc1[C@@H](C)O. The third-order valence-corrected chi connectivity index (χ3v) is 3.23. The number of ether oxygens (including phenoxy) is 2. The molecule has 0 saturated carbocycles. The minimum absolute atomic E-state index is 0.327. The average molecular weight is 293 g/mol. The molecule has 0 amide bonds. The number of hydrogen-bond donors (Lipinski definition) is 1. The summed E-state index contributed by atoms with van der Waals surface area (Å²) in [6, 6.07) is 12.8. The van der Waals surface area contributed by atoms with Crippen LogP contribution in [-0.4, -0.2) is 12.2 Å². The minimum atomic E-state index is -0.576. The maximum absolute atomic E-state index is 9.72. The Hall–Kier alpha value is -1.71. The number of hydrogen-bond acceptors (Lipinski definition) is 3. The Morgan fingerprint density at radius 1 is 1.15 bits per heavy atom. The summed E-state index contributed by atoms with van der Waals surface area (Å²) < 4.78 is 11.1. The van der Waals surface area contributed by atoms with Crippen molar-refractivity contribution in [1.82, 2.24) is 0 Å². The van der Waals surface area contributed by atoms with Gasteiger partial charge in [-0.2, -0.15) is 0 Å². The van der Waals surface area contributed by atoms with Gasteiger partial charge in [0.05, 0.1) is 13.2 Å². The molecular formula is C16H17ClO3. The summed E-state index contributed by atoms with van der Waals surface area (Å²) in [7, 11) is 1.61. The van der Waals surface area contributed by atoms with E-state index in [1.807, 2.05) is 36.4 Å². The summed E-state index contributed by atoms with van der Waals surface area (Å²) >= 11 is 5.99. The number of benzene rings is 2. The fraction of sp³-hybridized carbons (Fsp3) is 0.250. The fourth-order valence-corrected chi connectivity index (χ4v) is 2.17. The van der Waals surface area contributed by atoms with Gasteiger partial charge in [0, 0.05) is 16.1 Å². The van der Waals surface area contributed by atoms with Crippen LogP contribution in [0.1, 0.15) is 24.2 Å². The van der Waals surface area contributed by atoms with Crippen LogP contribution < -0.4 is 9.47 Å². The molecule has 0 heterocycles. The van der Waals surface area contributed by atoms with E-state index in [0.29, 0.717) is 17.4 Å². The van der Waals surface area contributed by atoms with E-state index in [1.54, 1.807) is 20.1 Å². The summed E-state index contributed by atoms with van der Waals surface area (Å²) in [4.78, 5) is 0. The molecule has 2 rings (SSSR count). The zero-order chi connectivity index (χ0) is 14.5. The molecule has 0 aliphatic carbocycles. The third kappa shape index (κ3) is 3.44. The van der Waals surface area contributed by atoms with E-state index in [0.717, 1.165) is 16.9 Å². The maximum Gasteiger partial charge on any atom is 0.125 e. The van der Waals surface area contributed by atoms with Gasteiger partial charge in [-0.1, -0.05) is 29.8 Å². The van der Waals surface area contributed by atoms with Gasteiger partial charge in [0.1, 0.15) is 18.1 Å². The zero-order valence-electron chi connectivity index (χ0n) is 11.5. The minimum Gasteiger partial charge on any atom is -0.496 e. The largest absolute Gasteiger partial charge is 0.496 e. The smallest absolute Gasteiger partial charge is 0.125 e. The molecule has 0 unspecified atom stereocenters. The molecule has 0 aromatic heterocycles. The van der Waals surface area contributed by atoms with Gasteiger partial charge in [-0.15, -0.1) is 0 Å². The van der Waals surface area contributed by atoms with E-state index in [-0.39, 0.29) is 0 Å². The monoisotopic (exact) mass is 292 g/mol. The molecule has 4 heteroatoms. The van der Waals surface area contributed by atoms with Gasteiger partial charge in [-0.05, 0) is 31.2 Å². The number of aliphatic hydroxyl groups is 1. The summed E-state index contributed by atoms with van der Waals surface area (Å²) in [5.74, 6) is 1.38. The highest BCUT2D eigenvalue weighted by Crippen LogP contribution is 2.28. The number of methoxy groups -OCH3 is 1. The molecule has 0 aliphatic heterocycles. The molecule has 0 radical (unpaired) electrons. The second-order valence-corrected chi connectivity index (χ2v) is 4.90. The lowest BCUT2D eigenvalue weighted by molar-refractivity contribution is 0.190. The van der Waals surface area contributed by atoms with Gasteiger partial charge in [0.25, 0.3) is 0 Å². The van der Waals surface area contributed by atoms with Crippen LogP contribution in [-0.2, 0) is 6.61 Å². The standard InChI is InChI=1S/C16H17ClO3/c1-11(18)14-5-3-4-6-16(14)20-10-12-9-13(17)7-8-15(12)19-2/h3-9,11,18H,10H2,1-2H3/t11-/m1/s1. The quantitative estimate of drug-likeness (QED) is 0.906. The maximum atomic E-state index is 9.72. The Morgan fingerprint density at radius 2 is 1.90 bits per heavy atom. The van der Waals surface area contributed by atoms with E-state index in [4.69, 9.17) is 21.1 Å². The molecule has 0 bridgehead atoms. The summed E-state index contributed by atoms with van der Waals surface area (Å²) in [5.41, 5.74) is 1.62. The molecule has 0 spiro atoms. The van der Waals surface area contributed by atoms with E-state index in [1.165, 1.54) is 0 Å². The lowest BCUT2D eigenvalue weighted by Crippen LogP contribution is -2.02. The van der Waals surface area contributed by atoms with Crippen molar-refractivity contribution < 1.29 is 14.6 Å². The first-order chi connectivity index (χ1) is 9.61. The van der Waals surface area contributed by atoms with Crippen molar-refractivity contribution in [2.24, 2.45) is 0 Å². The molecule has 3 nitrogen and oxygen atoms in total. The molecule has 2 aromatic rings. The van der Waals surface area contributed by atoms with Gasteiger partial charge in [-0.3, -0.25) is 0 Å². The van der Waals surface area contributed by atoms with Gasteiger partial charge in [-0.25, -0.2) is 0 Å². The Labute approximate surface area is 123 Å². The fourth-order valence-electron chi connectivity index (χ4n) is 1.97. The summed E-state index contributed by atoms with van der Waals surface area (Å²) in [6.07, 6.45) is -0.576. The van der Waals surface area contributed by atoms with Crippen LogP contribution >= 0.6 is 11.6 Å². The highest BCUT2D eigenvalue weighted by molar-refractivity contribution is 6.30. The highest BCUT2D eigenvalue weighted by atomic mass is 35.5. The van der Waals surface area contributed by atoms with Gasteiger partial charge in [0.15, 0.2) is 0 Å². The molecule has 0 saturated heterocycles. The second-order valence-electron chi connectivity index (χ2n) is 4.46. The molecule has 1 atom stereocenters. The van der Waals surface area contributed by atoms with Crippen LogP contribution in [0.5, 0.6) is 11.5 Å². The molecule has 0 aliphatic rings. The Balaban J connectivity index is 2.19. The lowest BCUT2D eigenvalue weighted by atomic mass is 10.1. The third-order valence-electron chi connectivity index (χ3n) is 2.99. The molecule has 0 fully saturated rings. The lowest BCUT2D eigenvalue weighted by Gasteiger charge is -2.14. The average Bonchev–Trinajstić information content (AvgIpc) is 2.45. The predicted molar refractivity (Wildman–Crippen MR) is 79.4 cm³/mol. The Bertz CT molecular complexity index is 582. The van der Waals surface area contributed by atoms with Crippen molar-refractivity contribution in [3.05, 3.63) is 58.6 Å². The first kappa shape index (κ1) is 14.7. The number of aliphatic hydroxyl groups excluding tert-OH is 1. The van der Waals surface area contributed by atoms with Gasteiger partial charge >= 0.3 is 0 Å². The molecule has 1 N–H and O–H groups in total. The van der Waals surface area contributed by atoms with Crippen molar-refractivity contribution in [3.8, 4) is 11.5 Å². The van der Waals surface area contributed by atoms with Crippen molar-refractivity contribution in [2.45, 2.75) is 19.6 Å². The topological polar surface area (TPSA) is 38.7 Å². The van der Waals surface area contributed by atoms with Crippen molar-refractivity contribution in [1.29, 1.82) is 0 Å². The first-order valence-electron chi connectivity index (χ1n) is 6.34. The normalized spacial score (nSPS) is 12.0. The predicted octanol–water partition coefficient (Wildman–Crippen LogP) is 3.98. The Morgan fingerprint density at radius 3 is 2.60 bits per heavy atom. The van der Waals surface area contributed by atoms with Crippen molar-refractivity contribution in [3.63, 3.8) is 0 Å². The molecular weight excluding hydrogens is 276 g/mol. The van der Waals surface area contributed by atoms with Crippen molar-refractivity contribution >= 4 is 11.6 Å². The van der Waals surface area contributed by atoms with Gasteiger partial charge < -0.3 is 14.6 Å². The summed E-state index contributed by atoms with van der Waals surface area (Å²) in [6.45, 7) is 2.04. The van der Waals surface area contributed by atoms with Crippen molar-refractivity contribution in [2.75, 3.05) is 7.11 Å². The Kier molecular flexibility index (Phi) is 4.88. The molecule has 20 heavy (non-hydrogen) atoms.